The Morgan fingerprint density at radius 2 is 1.78 bits per heavy atom. The van der Waals surface area contributed by atoms with Gasteiger partial charge in [-0.2, -0.15) is 4.31 Å². The zero-order valence-corrected chi connectivity index (χ0v) is 22.5. The first-order valence-electron chi connectivity index (χ1n) is 13.5. The number of methoxy groups -OCH3 is 1. The van der Waals surface area contributed by atoms with Crippen molar-refractivity contribution in [2.45, 2.75) is 62.6 Å². The lowest BCUT2D eigenvalue weighted by Gasteiger charge is -2.35. The van der Waals surface area contributed by atoms with Crippen molar-refractivity contribution < 1.29 is 32.5 Å². The van der Waals surface area contributed by atoms with Gasteiger partial charge < -0.3 is 24.2 Å². The van der Waals surface area contributed by atoms with Gasteiger partial charge in [-0.15, -0.1) is 0 Å². The lowest BCUT2D eigenvalue weighted by molar-refractivity contribution is -0.157. The molecule has 1 saturated carbocycles. The molecular formula is C27H40N2O7S. The van der Waals surface area contributed by atoms with Crippen LogP contribution in [0, 0.1) is 11.8 Å². The van der Waals surface area contributed by atoms with E-state index in [0.29, 0.717) is 23.8 Å². The van der Waals surface area contributed by atoms with Crippen LogP contribution in [0.15, 0.2) is 41.0 Å². The highest BCUT2D eigenvalue weighted by Gasteiger charge is 2.35. The molecule has 2 atom stereocenters. The van der Waals surface area contributed by atoms with E-state index in [4.69, 9.17) is 14.2 Å². The summed E-state index contributed by atoms with van der Waals surface area (Å²) in [6, 6.07) is 6.15. The van der Waals surface area contributed by atoms with Crippen LogP contribution in [-0.2, 0) is 24.3 Å². The van der Waals surface area contributed by atoms with Crippen LogP contribution in [0.5, 0.6) is 5.75 Å². The zero-order valence-electron chi connectivity index (χ0n) is 21.7. The number of hydrogen-bond acceptors (Lipinski definition) is 7. The van der Waals surface area contributed by atoms with Gasteiger partial charge in [0.25, 0.3) is 5.91 Å². The van der Waals surface area contributed by atoms with E-state index in [1.807, 2.05) is 11.0 Å². The lowest BCUT2D eigenvalue weighted by Crippen LogP contribution is -2.41. The number of piperidine rings is 1. The molecule has 0 bridgehead atoms. The Balaban J connectivity index is 1.40. The maximum Gasteiger partial charge on any atom is 0.288 e. The molecule has 2 fully saturated rings. The maximum absolute atomic E-state index is 13.2. The summed E-state index contributed by atoms with van der Waals surface area (Å²) in [5, 5.41) is 9.51. The Morgan fingerprint density at radius 1 is 1.08 bits per heavy atom. The molecule has 1 N–H and O–H groups in total. The molecule has 2 aliphatic heterocycles. The summed E-state index contributed by atoms with van der Waals surface area (Å²) in [5.74, 6) is 1.58. The third-order valence-electron chi connectivity index (χ3n) is 7.64. The van der Waals surface area contributed by atoms with E-state index in [1.54, 1.807) is 12.1 Å². The number of allylic oxidation sites excluding steroid dienone is 1. The standard InChI is InChI=1S/C27H40N2O7S/c1-34-23-9-11-24(12-10-23)37(32,33)29(15-17-30)16-18-35-26-20-22(21-7-3-4-8-21)19-25(36-26)27(31)28-13-5-2-6-14-28/h9-12,19,21-22,26,30H,2-8,13-18,20H2,1H3/t22-,26+/m0/s1. The van der Waals surface area contributed by atoms with E-state index in [2.05, 4.69) is 0 Å². The largest absolute Gasteiger partial charge is 0.497 e. The molecule has 0 spiro atoms. The van der Waals surface area contributed by atoms with Gasteiger partial charge in [0.05, 0.1) is 25.2 Å². The smallest absolute Gasteiger partial charge is 0.288 e. The first-order chi connectivity index (χ1) is 17.9. The van der Waals surface area contributed by atoms with E-state index in [1.165, 1.54) is 36.4 Å². The van der Waals surface area contributed by atoms with E-state index in [9.17, 15) is 18.3 Å². The predicted molar refractivity (Wildman–Crippen MR) is 138 cm³/mol. The summed E-state index contributed by atoms with van der Waals surface area (Å²) < 4.78 is 44.8. The molecule has 1 saturated heterocycles. The fraction of sp³-hybridized carbons (Fsp3) is 0.667. The summed E-state index contributed by atoms with van der Waals surface area (Å²) in [6.07, 6.45) is 9.90. The Labute approximate surface area is 220 Å². The monoisotopic (exact) mass is 536 g/mol. The molecule has 3 aliphatic rings. The third kappa shape index (κ3) is 7.04. The number of aliphatic hydroxyl groups is 1. The van der Waals surface area contributed by atoms with Gasteiger partial charge in [0.2, 0.25) is 16.3 Å². The van der Waals surface area contributed by atoms with Gasteiger partial charge in [-0.3, -0.25) is 4.79 Å². The van der Waals surface area contributed by atoms with Crippen LogP contribution < -0.4 is 4.74 Å². The molecule has 9 nitrogen and oxygen atoms in total. The SMILES string of the molecule is COc1ccc(S(=O)(=O)N(CCO)CCO[C@H]2C[C@@H](C3CCCC3)C=C(C(=O)N3CCCCC3)O2)cc1. The second kappa shape index (κ2) is 13.1. The minimum absolute atomic E-state index is 0.0491. The minimum atomic E-state index is -3.83. The van der Waals surface area contributed by atoms with Crippen molar-refractivity contribution in [3.63, 3.8) is 0 Å². The highest BCUT2D eigenvalue weighted by molar-refractivity contribution is 7.89. The van der Waals surface area contributed by atoms with E-state index < -0.39 is 16.3 Å². The first kappa shape index (κ1) is 27.9. The predicted octanol–water partition coefficient (Wildman–Crippen LogP) is 3.14. The van der Waals surface area contributed by atoms with Crippen LogP contribution in [0.3, 0.4) is 0 Å². The first-order valence-corrected chi connectivity index (χ1v) is 14.9. The summed E-state index contributed by atoms with van der Waals surface area (Å²) in [5.41, 5.74) is 0. The molecule has 206 valence electrons. The second-order valence-corrected chi connectivity index (χ2v) is 12.0. The number of hydrogen-bond donors (Lipinski definition) is 1. The van der Waals surface area contributed by atoms with Gasteiger partial charge in [0, 0.05) is 32.6 Å². The van der Waals surface area contributed by atoms with Crippen LogP contribution in [0.1, 0.15) is 51.4 Å². The average Bonchev–Trinajstić information content (AvgIpc) is 3.48. The van der Waals surface area contributed by atoms with Gasteiger partial charge in [-0.1, -0.05) is 12.8 Å². The third-order valence-corrected chi connectivity index (χ3v) is 9.55. The second-order valence-electron chi connectivity index (χ2n) is 10.0. The highest BCUT2D eigenvalue weighted by Crippen LogP contribution is 2.38. The van der Waals surface area contributed by atoms with Crippen molar-refractivity contribution in [1.29, 1.82) is 0 Å². The van der Waals surface area contributed by atoms with Gasteiger partial charge in [0.15, 0.2) is 5.76 Å². The van der Waals surface area contributed by atoms with Gasteiger partial charge >= 0.3 is 0 Å². The summed E-state index contributed by atoms with van der Waals surface area (Å²) in [6.45, 7) is 1.28. The van der Waals surface area contributed by atoms with Crippen LogP contribution >= 0.6 is 0 Å². The molecule has 10 heteroatoms. The molecule has 37 heavy (non-hydrogen) atoms. The molecular weight excluding hydrogens is 496 g/mol. The van der Waals surface area contributed by atoms with Crippen molar-refractivity contribution in [3.8, 4) is 5.75 Å². The maximum atomic E-state index is 13.2. The van der Waals surface area contributed by atoms with Gasteiger partial charge in [-0.25, -0.2) is 8.42 Å². The van der Waals surface area contributed by atoms with Crippen LogP contribution in [0.2, 0.25) is 0 Å². The Morgan fingerprint density at radius 3 is 2.43 bits per heavy atom. The number of carbonyl (C=O) groups excluding carboxylic acids is 1. The number of sulfonamides is 1. The number of carbonyl (C=O) groups is 1. The molecule has 1 amide bonds. The van der Waals surface area contributed by atoms with Crippen LogP contribution in [0.25, 0.3) is 0 Å². The number of amides is 1. The highest BCUT2D eigenvalue weighted by atomic mass is 32.2. The van der Waals surface area contributed by atoms with E-state index >= 15 is 0 Å². The average molecular weight is 537 g/mol. The molecule has 1 aliphatic carbocycles. The quantitative estimate of drug-likeness (QED) is 0.463. The number of likely N-dealkylation sites (tertiary alicyclic amines) is 1. The summed E-state index contributed by atoms with van der Waals surface area (Å²) in [7, 11) is -2.31. The Bertz CT molecular complexity index is 1020. The van der Waals surface area contributed by atoms with E-state index in [-0.39, 0.29) is 43.0 Å². The topological polar surface area (TPSA) is 106 Å². The molecule has 2 heterocycles. The zero-order chi connectivity index (χ0) is 26.3. The minimum Gasteiger partial charge on any atom is -0.497 e. The van der Waals surface area contributed by atoms with E-state index in [0.717, 1.165) is 45.2 Å². The molecule has 4 rings (SSSR count). The van der Waals surface area contributed by atoms with Gasteiger partial charge in [0.1, 0.15) is 5.75 Å². The summed E-state index contributed by atoms with van der Waals surface area (Å²) >= 11 is 0. The fourth-order valence-corrected chi connectivity index (χ4v) is 6.97. The fourth-order valence-electron chi connectivity index (χ4n) is 5.55. The Hall–Kier alpha value is -2.14. The summed E-state index contributed by atoms with van der Waals surface area (Å²) in [4.78, 5) is 15.2. The van der Waals surface area contributed by atoms with Gasteiger partial charge in [-0.05, 0) is 74.3 Å². The number of aliphatic hydroxyl groups excluding tert-OH is 1. The molecule has 0 radical (unpaired) electrons. The number of nitrogens with zero attached hydrogens (tertiary/aromatic N) is 2. The number of ether oxygens (including phenoxy) is 3. The normalized spacial score (nSPS) is 23.1. The van der Waals surface area contributed by atoms with Crippen molar-refractivity contribution in [2.75, 3.05) is 46.5 Å². The van der Waals surface area contributed by atoms with Crippen molar-refractivity contribution >= 4 is 15.9 Å². The van der Waals surface area contributed by atoms with Crippen LogP contribution in [-0.4, -0.2) is 81.4 Å². The van der Waals surface area contributed by atoms with Crippen molar-refractivity contribution in [2.24, 2.45) is 11.8 Å². The Kier molecular flexibility index (Phi) is 9.86. The number of rotatable bonds is 11. The molecule has 0 aromatic heterocycles. The molecule has 1 aromatic carbocycles. The number of benzene rings is 1. The molecule has 0 unspecified atom stereocenters. The van der Waals surface area contributed by atoms with Crippen LogP contribution in [0.4, 0.5) is 0 Å². The lowest BCUT2D eigenvalue weighted by atomic mass is 9.86. The van der Waals surface area contributed by atoms with Crippen molar-refractivity contribution in [1.82, 2.24) is 9.21 Å². The van der Waals surface area contributed by atoms with Crippen molar-refractivity contribution in [3.05, 3.63) is 36.1 Å². The molecule has 1 aromatic rings.